The Morgan fingerprint density at radius 1 is 1.05 bits per heavy atom. The van der Waals surface area contributed by atoms with Crippen molar-refractivity contribution in [1.82, 2.24) is 15.4 Å². The van der Waals surface area contributed by atoms with Crippen molar-refractivity contribution in [2.45, 2.75) is 6.54 Å². The van der Waals surface area contributed by atoms with Crippen molar-refractivity contribution < 1.29 is 9.59 Å². The van der Waals surface area contributed by atoms with Crippen molar-refractivity contribution in [2.75, 3.05) is 0 Å². The van der Waals surface area contributed by atoms with Crippen molar-refractivity contribution in [3.8, 4) is 0 Å². The van der Waals surface area contributed by atoms with Crippen molar-refractivity contribution in [2.24, 2.45) is 0 Å². The van der Waals surface area contributed by atoms with E-state index in [-0.39, 0.29) is 12.1 Å². The second-order valence-corrected chi connectivity index (χ2v) is 5.00. The summed E-state index contributed by atoms with van der Waals surface area (Å²) in [5.74, 6) is -0.945. The highest BCUT2D eigenvalue weighted by Gasteiger charge is 2.10. The van der Waals surface area contributed by atoms with E-state index in [9.17, 15) is 14.4 Å². The number of hydrogen-bond donors (Lipinski definition) is 2. The van der Waals surface area contributed by atoms with Crippen LogP contribution in [0.15, 0.2) is 57.9 Å². The van der Waals surface area contributed by atoms with Crippen LogP contribution in [0.5, 0.6) is 0 Å². The van der Waals surface area contributed by atoms with Gasteiger partial charge in [0.25, 0.3) is 17.4 Å². The molecule has 0 atom stereocenters. The molecule has 2 N–H and O–H groups in total. The number of hydrogen-bond acceptors (Lipinski definition) is 3. The molecule has 1 aromatic carbocycles. The number of nitrogens with zero attached hydrogens (tertiary/aromatic N) is 1. The van der Waals surface area contributed by atoms with Crippen LogP contribution in [0, 0.1) is 0 Å². The molecule has 0 saturated carbocycles. The van der Waals surface area contributed by atoms with Crippen LogP contribution in [0.1, 0.15) is 10.4 Å². The number of carbonyl (C=O) groups is 2. The Labute approximate surface area is 128 Å². The van der Waals surface area contributed by atoms with Crippen molar-refractivity contribution in [3.05, 3.63) is 69.1 Å². The summed E-state index contributed by atoms with van der Waals surface area (Å²) < 4.78 is 1.86. The Bertz CT molecular complexity index is 727. The Morgan fingerprint density at radius 2 is 1.76 bits per heavy atom. The quantitative estimate of drug-likeness (QED) is 0.813. The maximum absolute atomic E-state index is 11.9. The Kier molecular flexibility index (Phi) is 4.89. The number of carbonyl (C=O) groups excluding carboxylic acids is 2. The first-order chi connectivity index (χ1) is 10.1. The maximum atomic E-state index is 11.9. The molecule has 7 heteroatoms. The fourth-order valence-electron chi connectivity index (χ4n) is 1.62. The van der Waals surface area contributed by atoms with Gasteiger partial charge in [0.2, 0.25) is 0 Å². The van der Waals surface area contributed by atoms with Gasteiger partial charge < -0.3 is 4.57 Å². The normalized spacial score (nSPS) is 9.95. The second kappa shape index (κ2) is 6.85. The van der Waals surface area contributed by atoms with Crippen LogP contribution in [0.4, 0.5) is 0 Å². The van der Waals surface area contributed by atoms with Gasteiger partial charge in [-0.2, -0.15) is 0 Å². The largest absolute Gasteiger partial charge is 0.306 e. The fourth-order valence-corrected chi connectivity index (χ4v) is 2.09. The van der Waals surface area contributed by atoms with Crippen LogP contribution in [0.3, 0.4) is 0 Å². The third-order valence-corrected chi connectivity index (χ3v) is 3.34. The van der Waals surface area contributed by atoms with E-state index in [0.29, 0.717) is 10.0 Å². The first kappa shape index (κ1) is 15.0. The van der Waals surface area contributed by atoms with Gasteiger partial charge in [0.05, 0.1) is 5.56 Å². The Hall–Kier alpha value is -2.41. The van der Waals surface area contributed by atoms with Gasteiger partial charge in [-0.25, -0.2) is 0 Å². The van der Waals surface area contributed by atoms with E-state index in [1.807, 2.05) is 0 Å². The van der Waals surface area contributed by atoms with Crippen molar-refractivity contribution in [3.63, 3.8) is 0 Å². The van der Waals surface area contributed by atoms with Crippen molar-refractivity contribution in [1.29, 1.82) is 0 Å². The third kappa shape index (κ3) is 4.03. The zero-order valence-electron chi connectivity index (χ0n) is 10.9. The average Bonchev–Trinajstić information content (AvgIpc) is 2.48. The van der Waals surface area contributed by atoms with Crippen LogP contribution in [0.25, 0.3) is 0 Å². The summed E-state index contributed by atoms with van der Waals surface area (Å²) in [6.07, 6.45) is 1.50. The van der Waals surface area contributed by atoms with Crippen LogP contribution in [0.2, 0.25) is 0 Å². The molecule has 0 unspecified atom stereocenters. The number of nitrogens with one attached hydrogen (secondary N) is 2. The minimum Gasteiger partial charge on any atom is -0.306 e. The van der Waals surface area contributed by atoms with E-state index in [2.05, 4.69) is 26.8 Å². The molecule has 0 aliphatic rings. The van der Waals surface area contributed by atoms with Crippen molar-refractivity contribution >= 4 is 27.7 Å². The van der Waals surface area contributed by atoms with Gasteiger partial charge >= 0.3 is 0 Å². The zero-order chi connectivity index (χ0) is 15.2. The highest BCUT2D eigenvalue weighted by Crippen LogP contribution is 2.14. The van der Waals surface area contributed by atoms with Crippen LogP contribution < -0.4 is 16.4 Å². The van der Waals surface area contributed by atoms with Crippen LogP contribution in [-0.4, -0.2) is 16.4 Å². The number of benzene rings is 1. The van der Waals surface area contributed by atoms with Gasteiger partial charge in [0.15, 0.2) is 0 Å². The molecule has 6 nitrogen and oxygen atoms in total. The lowest BCUT2D eigenvalue weighted by atomic mass is 10.2. The summed E-state index contributed by atoms with van der Waals surface area (Å²) in [6.45, 7) is -0.171. The summed E-state index contributed by atoms with van der Waals surface area (Å²) in [4.78, 5) is 35.0. The number of amides is 2. The molecule has 0 fully saturated rings. The summed E-state index contributed by atoms with van der Waals surface area (Å²) in [6, 6.07) is 11.4. The minimum absolute atomic E-state index is 0.171. The van der Waals surface area contributed by atoms with E-state index < -0.39 is 11.8 Å². The van der Waals surface area contributed by atoms with Gasteiger partial charge in [0.1, 0.15) is 6.54 Å². The molecule has 108 valence electrons. The van der Waals surface area contributed by atoms with E-state index >= 15 is 0 Å². The molecule has 0 aliphatic heterocycles. The maximum Gasteiger partial charge on any atom is 0.270 e. The molecule has 1 aromatic heterocycles. The van der Waals surface area contributed by atoms with Gasteiger partial charge in [-0.1, -0.05) is 18.2 Å². The molecule has 2 aromatic rings. The highest BCUT2D eigenvalue weighted by atomic mass is 79.9. The molecular formula is C14H12BrN3O3. The molecule has 0 radical (unpaired) electrons. The highest BCUT2D eigenvalue weighted by molar-refractivity contribution is 9.10. The number of hydrazine groups is 1. The van der Waals surface area contributed by atoms with Gasteiger partial charge in [-0.15, -0.1) is 0 Å². The number of pyridine rings is 1. The van der Waals surface area contributed by atoms with Gasteiger partial charge in [0, 0.05) is 16.7 Å². The Balaban J connectivity index is 1.93. The molecular weight excluding hydrogens is 338 g/mol. The second-order valence-electron chi connectivity index (χ2n) is 4.15. The van der Waals surface area contributed by atoms with E-state index in [1.54, 1.807) is 36.4 Å². The number of aromatic nitrogens is 1. The summed E-state index contributed by atoms with van der Waals surface area (Å²) in [7, 11) is 0. The van der Waals surface area contributed by atoms with Gasteiger partial charge in [-0.3, -0.25) is 25.2 Å². The lowest BCUT2D eigenvalue weighted by Gasteiger charge is -2.09. The fraction of sp³-hybridized carbons (Fsp3) is 0.0714. The smallest absolute Gasteiger partial charge is 0.270 e. The monoisotopic (exact) mass is 349 g/mol. The molecule has 0 saturated heterocycles. The zero-order valence-corrected chi connectivity index (χ0v) is 12.5. The molecule has 0 aliphatic carbocycles. The first-order valence-electron chi connectivity index (χ1n) is 6.07. The van der Waals surface area contributed by atoms with Crippen LogP contribution in [-0.2, 0) is 11.3 Å². The molecule has 1 heterocycles. The lowest BCUT2D eigenvalue weighted by molar-refractivity contribution is -0.122. The van der Waals surface area contributed by atoms with E-state index in [1.165, 1.54) is 16.8 Å². The standard InChI is InChI=1S/C14H12BrN3O3/c15-11-6-2-1-5-10(11)14(21)17-16-12(19)9-18-8-4-3-7-13(18)20/h1-8H,9H2,(H,16,19)(H,17,21). The molecule has 2 amide bonds. The summed E-state index contributed by atoms with van der Waals surface area (Å²) >= 11 is 3.25. The third-order valence-electron chi connectivity index (χ3n) is 2.65. The molecule has 21 heavy (non-hydrogen) atoms. The summed E-state index contributed by atoms with van der Waals surface area (Å²) in [5, 5.41) is 0. The minimum atomic E-state index is -0.497. The summed E-state index contributed by atoms with van der Waals surface area (Å²) in [5.41, 5.74) is 4.67. The number of halogens is 1. The lowest BCUT2D eigenvalue weighted by Crippen LogP contribution is -2.44. The number of rotatable bonds is 3. The molecule has 0 spiro atoms. The van der Waals surface area contributed by atoms with Gasteiger partial charge in [-0.05, 0) is 34.1 Å². The predicted octanol–water partition coefficient (Wildman–Crippen LogP) is 1.07. The van der Waals surface area contributed by atoms with Crippen LogP contribution >= 0.6 is 15.9 Å². The average molecular weight is 350 g/mol. The molecule has 0 bridgehead atoms. The van der Waals surface area contributed by atoms with E-state index in [4.69, 9.17) is 0 Å². The predicted molar refractivity (Wildman–Crippen MR) is 80.5 cm³/mol. The topological polar surface area (TPSA) is 80.2 Å². The van der Waals surface area contributed by atoms with E-state index in [0.717, 1.165) is 0 Å². The SMILES string of the molecule is O=C(Cn1ccccc1=O)NNC(=O)c1ccccc1Br. The first-order valence-corrected chi connectivity index (χ1v) is 6.86. The Morgan fingerprint density at radius 3 is 2.48 bits per heavy atom. The molecule has 2 rings (SSSR count).